The van der Waals surface area contributed by atoms with Crippen LogP contribution in [0.15, 0.2) is 12.7 Å². The fourth-order valence-corrected chi connectivity index (χ4v) is 0.895. The van der Waals surface area contributed by atoms with Crippen LogP contribution in [0.5, 0.6) is 0 Å². The molecule has 0 unspecified atom stereocenters. The van der Waals surface area contributed by atoms with E-state index in [2.05, 4.69) is 11.9 Å². The summed E-state index contributed by atoms with van der Waals surface area (Å²) in [5.74, 6) is 0. The quantitative estimate of drug-likeness (QED) is 0.574. The Morgan fingerprint density at radius 3 is 2.27 bits per heavy atom. The zero-order valence-electron chi connectivity index (χ0n) is 9.79. The molecule has 0 rings (SSSR count). The highest BCUT2D eigenvalue weighted by molar-refractivity contribution is 5.70. The highest BCUT2D eigenvalue weighted by atomic mass is 16.6. The third kappa shape index (κ3) is 5.88. The number of rotatable bonds is 4. The molecule has 4 heteroatoms. The Hall–Kier alpha value is -1.32. The van der Waals surface area contributed by atoms with E-state index in [1.165, 1.54) is 6.08 Å². The zero-order chi connectivity index (χ0) is 12.1. The molecular formula is C11H19NO3. The molecule has 0 aliphatic rings. The third-order valence-electron chi connectivity index (χ3n) is 1.74. The summed E-state index contributed by atoms with van der Waals surface area (Å²) in [6.45, 7) is 10.6. The Morgan fingerprint density at radius 1 is 1.40 bits per heavy atom. The topological polar surface area (TPSA) is 55.4 Å². The number of ether oxygens (including phenoxy) is 1. The molecule has 15 heavy (non-hydrogen) atoms. The molecule has 1 amide bonds. The van der Waals surface area contributed by atoms with Crippen LogP contribution in [0.25, 0.3) is 0 Å². The fraction of sp³-hybridized carbons (Fsp3) is 0.636. The highest BCUT2D eigenvalue weighted by Crippen LogP contribution is 2.12. The minimum atomic E-state index is -0.746. The summed E-state index contributed by atoms with van der Waals surface area (Å²) in [5, 5.41) is 2.59. The van der Waals surface area contributed by atoms with Gasteiger partial charge in [-0.1, -0.05) is 6.08 Å². The van der Waals surface area contributed by atoms with E-state index in [1.54, 1.807) is 27.7 Å². The van der Waals surface area contributed by atoms with Gasteiger partial charge in [-0.25, -0.2) is 4.79 Å². The van der Waals surface area contributed by atoms with Gasteiger partial charge in [0.15, 0.2) is 0 Å². The molecule has 0 radical (unpaired) electrons. The molecule has 0 saturated carbocycles. The number of amides is 1. The SMILES string of the molecule is C=C[C@](C)(CC=O)NC(=O)OC(C)(C)C. The molecule has 1 atom stereocenters. The Labute approximate surface area is 90.7 Å². The Kier molecular flexibility index (Phi) is 4.52. The lowest BCUT2D eigenvalue weighted by atomic mass is 9.99. The summed E-state index contributed by atoms with van der Waals surface area (Å²) in [5.41, 5.74) is -1.29. The molecule has 1 N–H and O–H groups in total. The molecule has 0 aliphatic heterocycles. The Balaban J connectivity index is 4.37. The predicted octanol–water partition coefficient (Wildman–Crippen LogP) is 2.04. The summed E-state index contributed by atoms with van der Waals surface area (Å²) in [7, 11) is 0. The van der Waals surface area contributed by atoms with Crippen LogP contribution in [0.2, 0.25) is 0 Å². The molecule has 0 fully saturated rings. The maximum atomic E-state index is 11.4. The molecule has 4 nitrogen and oxygen atoms in total. The van der Waals surface area contributed by atoms with Crippen LogP contribution in [-0.2, 0) is 9.53 Å². The maximum Gasteiger partial charge on any atom is 0.408 e. The second kappa shape index (κ2) is 4.96. The molecule has 0 heterocycles. The number of carbonyl (C=O) groups excluding carboxylic acids is 2. The van der Waals surface area contributed by atoms with Crippen LogP contribution in [0.4, 0.5) is 4.79 Å². The van der Waals surface area contributed by atoms with Gasteiger partial charge < -0.3 is 14.8 Å². The first-order valence-corrected chi connectivity index (χ1v) is 4.81. The Bertz CT molecular complexity index is 255. The number of aldehydes is 1. The lowest BCUT2D eigenvalue weighted by Gasteiger charge is -2.27. The van der Waals surface area contributed by atoms with Gasteiger partial charge >= 0.3 is 6.09 Å². The molecule has 0 aromatic carbocycles. The van der Waals surface area contributed by atoms with E-state index in [0.717, 1.165) is 6.29 Å². The molecule has 0 aromatic heterocycles. The number of nitrogens with one attached hydrogen (secondary N) is 1. The average molecular weight is 213 g/mol. The monoisotopic (exact) mass is 213 g/mol. The maximum absolute atomic E-state index is 11.4. The van der Waals surface area contributed by atoms with Gasteiger partial charge in [-0.15, -0.1) is 6.58 Å². The Morgan fingerprint density at radius 2 is 1.93 bits per heavy atom. The summed E-state index contributed by atoms with van der Waals surface area (Å²) < 4.78 is 5.07. The smallest absolute Gasteiger partial charge is 0.408 e. The van der Waals surface area contributed by atoms with Crippen LogP contribution >= 0.6 is 0 Å². The summed E-state index contributed by atoms with van der Waals surface area (Å²) >= 11 is 0. The number of hydrogen-bond acceptors (Lipinski definition) is 3. The van der Waals surface area contributed by atoms with Crippen molar-refractivity contribution in [1.29, 1.82) is 0 Å². The highest BCUT2D eigenvalue weighted by Gasteiger charge is 2.25. The van der Waals surface area contributed by atoms with Gasteiger partial charge in [0.2, 0.25) is 0 Å². The first-order chi connectivity index (χ1) is 6.72. The second-order valence-corrected chi connectivity index (χ2v) is 4.62. The van der Waals surface area contributed by atoms with Crippen molar-refractivity contribution in [3.05, 3.63) is 12.7 Å². The summed E-state index contributed by atoms with van der Waals surface area (Å²) in [6.07, 6.45) is 1.88. The van der Waals surface area contributed by atoms with Gasteiger partial charge in [-0.05, 0) is 27.7 Å². The van der Waals surface area contributed by atoms with E-state index in [0.29, 0.717) is 0 Å². The second-order valence-electron chi connectivity index (χ2n) is 4.62. The first-order valence-electron chi connectivity index (χ1n) is 4.81. The lowest BCUT2D eigenvalue weighted by molar-refractivity contribution is -0.108. The summed E-state index contributed by atoms with van der Waals surface area (Å²) in [4.78, 5) is 21.8. The molecule has 0 saturated heterocycles. The van der Waals surface area contributed by atoms with Crippen molar-refractivity contribution in [1.82, 2.24) is 5.32 Å². The van der Waals surface area contributed by atoms with E-state index in [1.807, 2.05) is 0 Å². The number of hydrogen-bond donors (Lipinski definition) is 1. The average Bonchev–Trinajstić information content (AvgIpc) is 2.00. The van der Waals surface area contributed by atoms with Crippen molar-refractivity contribution in [2.75, 3.05) is 0 Å². The minimum Gasteiger partial charge on any atom is -0.444 e. The lowest BCUT2D eigenvalue weighted by Crippen LogP contribution is -2.46. The predicted molar refractivity (Wildman–Crippen MR) is 58.7 cm³/mol. The van der Waals surface area contributed by atoms with Gasteiger partial charge in [0.1, 0.15) is 11.9 Å². The van der Waals surface area contributed by atoms with Gasteiger partial charge in [0, 0.05) is 6.42 Å². The molecule has 0 aromatic rings. The molecular weight excluding hydrogens is 194 g/mol. The van der Waals surface area contributed by atoms with Crippen molar-refractivity contribution in [2.45, 2.75) is 45.3 Å². The molecule has 0 bridgehead atoms. The van der Waals surface area contributed by atoms with Crippen LogP contribution in [0.1, 0.15) is 34.1 Å². The molecule has 0 aliphatic carbocycles. The number of carbonyl (C=O) groups is 2. The van der Waals surface area contributed by atoms with E-state index in [4.69, 9.17) is 4.74 Å². The van der Waals surface area contributed by atoms with Crippen LogP contribution < -0.4 is 5.32 Å². The van der Waals surface area contributed by atoms with Crippen molar-refractivity contribution in [3.8, 4) is 0 Å². The van der Waals surface area contributed by atoms with Crippen LogP contribution in [0, 0.1) is 0 Å². The van der Waals surface area contributed by atoms with Crippen molar-refractivity contribution in [2.24, 2.45) is 0 Å². The van der Waals surface area contributed by atoms with E-state index >= 15 is 0 Å². The van der Waals surface area contributed by atoms with Gasteiger partial charge in [-0.2, -0.15) is 0 Å². The fourth-order valence-electron chi connectivity index (χ4n) is 0.895. The number of alkyl carbamates (subject to hydrolysis) is 1. The van der Waals surface area contributed by atoms with Crippen molar-refractivity contribution < 1.29 is 14.3 Å². The van der Waals surface area contributed by atoms with Gasteiger partial charge in [0.25, 0.3) is 0 Å². The van der Waals surface area contributed by atoms with Crippen molar-refractivity contribution in [3.63, 3.8) is 0 Å². The molecule has 86 valence electrons. The molecule has 0 spiro atoms. The van der Waals surface area contributed by atoms with Crippen LogP contribution in [0.3, 0.4) is 0 Å². The summed E-state index contributed by atoms with van der Waals surface area (Å²) in [6, 6.07) is 0. The largest absolute Gasteiger partial charge is 0.444 e. The first kappa shape index (κ1) is 13.7. The van der Waals surface area contributed by atoms with E-state index < -0.39 is 17.2 Å². The van der Waals surface area contributed by atoms with Crippen LogP contribution in [-0.4, -0.2) is 23.5 Å². The minimum absolute atomic E-state index is 0.176. The third-order valence-corrected chi connectivity index (χ3v) is 1.74. The van der Waals surface area contributed by atoms with E-state index in [9.17, 15) is 9.59 Å². The van der Waals surface area contributed by atoms with E-state index in [-0.39, 0.29) is 6.42 Å². The standard InChI is InChI=1S/C11H19NO3/c1-6-11(5,7-8-13)12-9(14)15-10(2,3)4/h6,8H,1,7H2,2-5H3,(H,12,14)/t11-/m1/s1. The van der Waals surface area contributed by atoms with Crippen molar-refractivity contribution >= 4 is 12.4 Å². The zero-order valence-corrected chi connectivity index (χ0v) is 9.79. The van der Waals surface area contributed by atoms with Gasteiger partial charge in [-0.3, -0.25) is 0 Å². The normalized spacial score (nSPS) is 14.9. The van der Waals surface area contributed by atoms with Gasteiger partial charge in [0.05, 0.1) is 5.54 Å².